The number of rotatable bonds is 3. The Morgan fingerprint density at radius 3 is 1.90 bits per heavy atom. The number of hydrogen-bond donors (Lipinski definition) is 3. The van der Waals surface area contributed by atoms with Crippen LogP contribution in [0.4, 0.5) is 0 Å². The molecular formula is C4H13Cl2N3O. The SMILES string of the molecule is Cl.Cl.NCC[C@H](N)C(N)=O. The maximum atomic E-state index is 10.1. The third kappa shape index (κ3) is 7.97. The smallest absolute Gasteiger partial charge is 0.234 e. The molecule has 6 heteroatoms. The molecular weight excluding hydrogens is 177 g/mol. The number of halogens is 2. The summed E-state index contributed by atoms with van der Waals surface area (Å²) >= 11 is 0. The summed E-state index contributed by atoms with van der Waals surface area (Å²) in [5.74, 6) is -0.490. The van der Waals surface area contributed by atoms with Crippen LogP contribution in [0.2, 0.25) is 0 Å². The summed E-state index contributed by atoms with van der Waals surface area (Å²) in [6.45, 7) is 0.407. The third-order valence-electron chi connectivity index (χ3n) is 0.843. The summed E-state index contributed by atoms with van der Waals surface area (Å²) in [6.07, 6.45) is 0.468. The first-order chi connectivity index (χ1) is 3.68. The van der Waals surface area contributed by atoms with Crippen molar-refractivity contribution >= 4 is 30.7 Å². The summed E-state index contributed by atoms with van der Waals surface area (Å²) in [5.41, 5.74) is 15.1. The summed E-state index contributed by atoms with van der Waals surface area (Å²) in [7, 11) is 0. The van der Waals surface area contributed by atoms with Crippen molar-refractivity contribution in [3.8, 4) is 0 Å². The maximum Gasteiger partial charge on any atom is 0.234 e. The molecule has 0 aliphatic carbocycles. The topological polar surface area (TPSA) is 95.1 Å². The molecule has 0 rings (SSSR count). The lowest BCUT2D eigenvalue weighted by Gasteiger charge is -2.01. The van der Waals surface area contributed by atoms with E-state index < -0.39 is 11.9 Å². The lowest BCUT2D eigenvalue weighted by atomic mass is 10.2. The molecule has 1 amide bonds. The van der Waals surface area contributed by atoms with Crippen LogP contribution in [0.25, 0.3) is 0 Å². The van der Waals surface area contributed by atoms with E-state index in [9.17, 15) is 4.79 Å². The zero-order chi connectivity index (χ0) is 6.57. The highest BCUT2D eigenvalue weighted by Gasteiger charge is 2.05. The van der Waals surface area contributed by atoms with Crippen molar-refractivity contribution in [2.45, 2.75) is 12.5 Å². The average molecular weight is 190 g/mol. The number of primary amides is 1. The molecule has 0 saturated carbocycles. The Bertz CT molecular complexity index is 90.6. The predicted molar refractivity (Wildman–Crippen MR) is 45.3 cm³/mol. The van der Waals surface area contributed by atoms with E-state index in [1.807, 2.05) is 0 Å². The molecule has 64 valence electrons. The Hall–Kier alpha value is -0.0300. The number of nitrogens with two attached hydrogens (primary N) is 3. The van der Waals surface area contributed by atoms with Crippen molar-refractivity contribution in [2.75, 3.05) is 6.54 Å². The van der Waals surface area contributed by atoms with Gasteiger partial charge < -0.3 is 17.2 Å². The van der Waals surface area contributed by atoms with Gasteiger partial charge in [0.2, 0.25) is 5.91 Å². The summed E-state index contributed by atoms with van der Waals surface area (Å²) in [5, 5.41) is 0. The van der Waals surface area contributed by atoms with Crippen LogP contribution in [0.5, 0.6) is 0 Å². The van der Waals surface area contributed by atoms with Crippen molar-refractivity contribution in [1.82, 2.24) is 0 Å². The van der Waals surface area contributed by atoms with Gasteiger partial charge in [0.15, 0.2) is 0 Å². The largest absolute Gasteiger partial charge is 0.368 e. The van der Waals surface area contributed by atoms with Gasteiger partial charge in [0.05, 0.1) is 6.04 Å². The Kier molecular flexibility index (Phi) is 14.8. The van der Waals surface area contributed by atoms with Gasteiger partial charge in [0.1, 0.15) is 0 Å². The van der Waals surface area contributed by atoms with Crippen LogP contribution in [-0.2, 0) is 4.79 Å². The third-order valence-corrected chi connectivity index (χ3v) is 0.843. The minimum absolute atomic E-state index is 0. The lowest BCUT2D eigenvalue weighted by Crippen LogP contribution is -2.37. The van der Waals surface area contributed by atoms with E-state index in [1.54, 1.807) is 0 Å². The predicted octanol–water partition coefficient (Wildman–Crippen LogP) is -1.01. The van der Waals surface area contributed by atoms with Crippen molar-refractivity contribution in [1.29, 1.82) is 0 Å². The molecule has 0 saturated heterocycles. The van der Waals surface area contributed by atoms with Crippen LogP contribution in [0.15, 0.2) is 0 Å². The lowest BCUT2D eigenvalue weighted by molar-refractivity contribution is -0.119. The fourth-order valence-electron chi connectivity index (χ4n) is 0.322. The van der Waals surface area contributed by atoms with Gasteiger partial charge in [-0.15, -0.1) is 24.8 Å². The molecule has 10 heavy (non-hydrogen) atoms. The van der Waals surface area contributed by atoms with Gasteiger partial charge in [-0.05, 0) is 13.0 Å². The fourth-order valence-corrected chi connectivity index (χ4v) is 0.322. The molecule has 0 radical (unpaired) electrons. The highest BCUT2D eigenvalue weighted by atomic mass is 35.5. The molecule has 0 spiro atoms. The van der Waals surface area contributed by atoms with E-state index in [2.05, 4.69) is 0 Å². The van der Waals surface area contributed by atoms with Crippen LogP contribution >= 0.6 is 24.8 Å². The van der Waals surface area contributed by atoms with Crippen molar-refractivity contribution in [3.63, 3.8) is 0 Å². The van der Waals surface area contributed by atoms with Gasteiger partial charge in [0, 0.05) is 0 Å². The Labute approximate surface area is 72.3 Å². The van der Waals surface area contributed by atoms with E-state index in [0.29, 0.717) is 13.0 Å². The molecule has 0 aromatic heterocycles. The maximum absolute atomic E-state index is 10.1. The van der Waals surface area contributed by atoms with Crippen LogP contribution in [0.1, 0.15) is 6.42 Å². The minimum atomic E-state index is -0.569. The molecule has 6 N–H and O–H groups in total. The van der Waals surface area contributed by atoms with E-state index in [-0.39, 0.29) is 24.8 Å². The molecule has 4 nitrogen and oxygen atoms in total. The van der Waals surface area contributed by atoms with Gasteiger partial charge in [0.25, 0.3) is 0 Å². The second kappa shape index (κ2) is 8.97. The Morgan fingerprint density at radius 1 is 1.40 bits per heavy atom. The Balaban J connectivity index is -0.000000245. The standard InChI is InChI=1S/C4H11N3O.2ClH/c5-2-1-3(6)4(7)8;;/h3H,1-2,5-6H2,(H2,7,8);2*1H/t3-;;/m0../s1. The first-order valence-corrected chi connectivity index (χ1v) is 2.43. The molecule has 0 aromatic carbocycles. The van der Waals surface area contributed by atoms with Gasteiger partial charge in [-0.2, -0.15) is 0 Å². The summed E-state index contributed by atoms with van der Waals surface area (Å²) in [6, 6.07) is -0.569. The molecule has 0 aromatic rings. The average Bonchev–Trinajstić information content (AvgIpc) is 1.67. The number of carbonyl (C=O) groups excluding carboxylic acids is 1. The molecule has 0 fully saturated rings. The monoisotopic (exact) mass is 189 g/mol. The zero-order valence-electron chi connectivity index (χ0n) is 5.45. The molecule has 0 aliphatic heterocycles. The molecule has 1 atom stereocenters. The number of amides is 1. The number of carbonyl (C=O) groups is 1. The van der Waals surface area contributed by atoms with Gasteiger partial charge in [-0.25, -0.2) is 0 Å². The van der Waals surface area contributed by atoms with Gasteiger partial charge >= 0.3 is 0 Å². The number of hydrogen-bond acceptors (Lipinski definition) is 3. The van der Waals surface area contributed by atoms with Crippen LogP contribution in [-0.4, -0.2) is 18.5 Å². The first kappa shape index (κ1) is 16.5. The van der Waals surface area contributed by atoms with Crippen molar-refractivity contribution in [3.05, 3.63) is 0 Å². The zero-order valence-corrected chi connectivity index (χ0v) is 7.08. The highest BCUT2D eigenvalue weighted by Crippen LogP contribution is 1.80. The van der Waals surface area contributed by atoms with Crippen molar-refractivity contribution in [2.24, 2.45) is 17.2 Å². The second-order valence-electron chi connectivity index (χ2n) is 1.59. The highest BCUT2D eigenvalue weighted by molar-refractivity contribution is 5.85. The van der Waals surface area contributed by atoms with E-state index >= 15 is 0 Å². The van der Waals surface area contributed by atoms with E-state index in [4.69, 9.17) is 17.2 Å². The van der Waals surface area contributed by atoms with Crippen LogP contribution in [0.3, 0.4) is 0 Å². The normalized spacial score (nSPS) is 10.6. The first-order valence-electron chi connectivity index (χ1n) is 2.43. The summed E-state index contributed by atoms with van der Waals surface area (Å²) in [4.78, 5) is 10.1. The second-order valence-corrected chi connectivity index (χ2v) is 1.59. The van der Waals surface area contributed by atoms with Crippen molar-refractivity contribution < 1.29 is 4.79 Å². The van der Waals surface area contributed by atoms with E-state index in [0.717, 1.165) is 0 Å². The molecule has 0 heterocycles. The van der Waals surface area contributed by atoms with Crippen LogP contribution < -0.4 is 17.2 Å². The quantitative estimate of drug-likeness (QED) is 0.532. The molecule has 0 aliphatic rings. The minimum Gasteiger partial charge on any atom is -0.368 e. The fraction of sp³-hybridized carbons (Fsp3) is 0.750. The molecule has 0 bridgehead atoms. The molecule has 0 unspecified atom stereocenters. The summed E-state index contributed by atoms with van der Waals surface area (Å²) < 4.78 is 0. The van der Waals surface area contributed by atoms with Gasteiger partial charge in [-0.1, -0.05) is 0 Å². The van der Waals surface area contributed by atoms with Gasteiger partial charge in [-0.3, -0.25) is 4.79 Å². The van der Waals surface area contributed by atoms with E-state index in [1.165, 1.54) is 0 Å². The van der Waals surface area contributed by atoms with Crippen LogP contribution in [0, 0.1) is 0 Å². The Morgan fingerprint density at radius 2 is 1.80 bits per heavy atom.